The molecule has 0 bridgehead atoms. The molecule has 1 aromatic carbocycles. The molecule has 0 aliphatic carbocycles. The van der Waals surface area contributed by atoms with Gasteiger partial charge in [-0.1, -0.05) is 17.7 Å². The molecule has 2 amide bonds. The summed E-state index contributed by atoms with van der Waals surface area (Å²) in [5.41, 5.74) is 1.95. The Balaban J connectivity index is 1.59. The van der Waals surface area contributed by atoms with Gasteiger partial charge in [-0.25, -0.2) is 4.79 Å². The highest BCUT2D eigenvalue weighted by molar-refractivity contribution is 7.07. The monoisotopic (exact) mass is 378 g/mol. The van der Waals surface area contributed by atoms with Gasteiger partial charge in [0.1, 0.15) is 0 Å². The zero-order chi connectivity index (χ0) is 17.6. The van der Waals surface area contributed by atoms with E-state index in [1.807, 2.05) is 12.1 Å². The van der Waals surface area contributed by atoms with Crippen molar-refractivity contribution in [3.63, 3.8) is 0 Å². The number of amides is 2. The predicted molar refractivity (Wildman–Crippen MR) is 105 cm³/mol. The Morgan fingerprint density at radius 2 is 2.08 bits per heavy atom. The number of nitrogens with one attached hydrogen (secondary N) is 2. The van der Waals surface area contributed by atoms with Crippen LogP contribution in [0.3, 0.4) is 0 Å². The zero-order valence-corrected chi connectivity index (χ0v) is 15.8. The summed E-state index contributed by atoms with van der Waals surface area (Å²) in [6, 6.07) is 9.28. The number of hydrogen-bond acceptors (Lipinski definition) is 4. The molecule has 0 radical (unpaired) electrons. The van der Waals surface area contributed by atoms with E-state index >= 15 is 0 Å². The number of nitrogens with zero attached hydrogens (tertiary/aromatic N) is 2. The fraction of sp³-hybridized carbons (Fsp3) is 0.389. The van der Waals surface area contributed by atoms with Crippen molar-refractivity contribution in [1.29, 1.82) is 0 Å². The van der Waals surface area contributed by atoms with Crippen LogP contribution >= 0.6 is 22.9 Å². The van der Waals surface area contributed by atoms with Gasteiger partial charge in [0.05, 0.1) is 6.04 Å². The molecular formula is C18H23ClN4OS. The minimum atomic E-state index is -0.211. The van der Waals surface area contributed by atoms with Crippen LogP contribution in [-0.2, 0) is 0 Å². The molecule has 1 atom stereocenters. The van der Waals surface area contributed by atoms with Crippen molar-refractivity contribution in [3.8, 4) is 0 Å². The number of anilines is 1. The van der Waals surface area contributed by atoms with Crippen molar-refractivity contribution in [2.45, 2.75) is 6.04 Å². The first-order chi connectivity index (χ1) is 12.1. The summed E-state index contributed by atoms with van der Waals surface area (Å²) in [6.45, 7) is 4.70. The molecule has 25 heavy (non-hydrogen) atoms. The number of likely N-dealkylation sites (N-methyl/N-ethyl adjacent to an activating group) is 1. The lowest BCUT2D eigenvalue weighted by Gasteiger charge is -2.37. The van der Waals surface area contributed by atoms with Gasteiger partial charge in [0.25, 0.3) is 0 Å². The molecule has 5 nitrogen and oxygen atoms in total. The van der Waals surface area contributed by atoms with Gasteiger partial charge in [-0.05, 0) is 47.6 Å². The molecule has 0 spiro atoms. The molecule has 1 aromatic heterocycles. The van der Waals surface area contributed by atoms with Crippen LogP contribution in [0.4, 0.5) is 10.5 Å². The highest BCUT2D eigenvalue weighted by Gasteiger charge is 2.24. The summed E-state index contributed by atoms with van der Waals surface area (Å²) in [5, 5.41) is 10.7. The number of hydrogen-bond donors (Lipinski definition) is 2. The summed E-state index contributed by atoms with van der Waals surface area (Å²) >= 11 is 7.65. The second kappa shape index (κ2) is 8.67. The van der Waals surface area contributed by atoms with Crippen LogP contribution in [0.5, 0.6) is 0 Å². The Kier molecular flexibility index (Phi) is 6.31. The van der Waals surface area contributed by atoms with Gasteiger partial charge in [0, 0.05) is 43.4 Å². The number of urea groups is 1. The minimum absolute atomic E-state index is 0.199. The van der Waals surface area contributed by atoms with Crippen LogP contribution in [0, 0.1) is 0 Å². The number of thiophene rings is 1. The average Bonchev–Trinajstić information content (AvgIpc) is 3.11. The first-order valence-electron chi connectivity index (χ1n) is 8.37. The van der Waals surface area contributed by atoms with Crippen LogP contribution in [-0.4, -0.2) is 55.6 Å². The van der Waals surface area contributed by atoms with Crippen molar-refractivity contribution >= 4 is 34.7 Å². The SMILES string of the molecule is CN1CCN(C(CNC(=O)Nc2cccc(Cl)c2)c2ccsc2)CC1. The zero-order valence-electron chi connectivity index (χ0n) is 14.2. The quantitative estimate of drug-likeness (QED) is 0.836. The van der Waals surface area contributed by atoms with E-state index in [1.165, 1.54) is 5.56 Å². The average molecular weight is 379 g/mol. The van der Waals surface area contributed by atoms with E-state index in [2.05, 4.69) is 44.3 Å². The predicted octanol–water partition coefficient (Wildman–Crippen LogP) is 3.51. The van der Waals surface area contributed by atoms with Crippen molar-refractivity contribution in [2.75, 3.05) is 45.1 Å². The van der Waals surface area contributed by atoms with Crippen LogP contribution in [0.25, 0.3) is 0 Å². The molecule has 0 saturated carbocycles. The second-order valence-corrected chi connectivity index (χ2v) is 7.47. The highest BCUT2D eigenvalue weighted by atomic mass is 35.5. The fourth-order valence-corrected chi connectivity index (χ4v) is 3.88. The lowest BCUT2D eigenvalue weighted by Crippen LogP contribution is -2.48. The van der Waals surface area contributed by atoms with Crippen molar-refractivity contribution in [2.24, 2.45) is 0 Å². The molecule has 2 aromatic rings. The molecule has 134 valence electrons. The highest BCUT2D eigenvalue weighted by Crippen LogP contribution is 2.23. The summed E-state index contributed by atoms with van der Waals surface area (Å²) in [6.07, 6.45) is 0. The second-order valence-electron chi connectivity index (χ2n) is 6.26. The maximum absolute atomic E-state index is 12.2. The number of rotatable bonds is 5. The molecule has 2 heterocycles. The minimum Gasteiger partial charge on any atom is -0.336 e. The van der Waals surface area contributed by atoms with Crippen LogP contribution in [0.15, 0.2) is 41.1 Å². The Bertz CT molecular complexity index is 686. The topological polar surface area (TPSA) is 47.6 Å². The Morgan fingerprint density at radius 3 is 2.76 bits per heavy atom. The third kappa shape index (κ3) is 5.19. The van der Waals surface area contributed by atoms with Gasteiger partial charge >= 0.3 is 6.03 Å². The van der Waals surface area contributed by atoms with Gasteiger partial charge in [-0.15, -0.1) is 0 Å². The van der Waals surface area contributed by atoms with E-state index in [9.17, 15) is 4.79 Å². The number of benzene rings is 1. The van der Waals surface area contributed by atoms with Crippen LogP contribution < -0.4 is 10.6 Å². The van der Waals surface area contributed by atoms with E-state index < -0.39 is 0 Å². The van der Waals surface area contributed by atoms with Crippen molar-refractivity contribution in [1.82, 2.24) is 15.1 Å². The van der Waals surface area contributed by atoms with Crippen molar-refractivity contribution < 1.29 is 4.79 Å². The van der Waals surface area contributed by atoms with Gasteiger partial charge in [0.15, 0.2) is 0 Å². The normalized spacial score (nSPS) is 17.2. The molecule has 1 aliphatic rings. The van der Waals surface area contributed by atoms with Crippen molar-refractivity contribution in [3.05, 3.63) is 51.7 Å². The van der Waals surface area contributed by atoms with Gasteiger partial charge in [-0.3, -0.25) is 4.90 Å². The van der Waals surface area contributed by atoms with E-state index in [0.29, 0.717) is 17.3 Å². The van der Waals surface area contributed by atoms with Gasteiger partial charge in [-0.2, -0.15) is 11.3 Å². The maximum Gasteiger partial charge on any atom is 0.319 e. The smallest absolute Gasteiger partial charge is 0.319 e. The molecule has 1 aliphatic heterocycles. The number of halogens is 1. The molecule has 1 unspecified atom stereocenters. The van der Waals surface area contributed by atoms with E-state index in [4.69, 9.17) is 11.6 Å². The third-order valence-corrected chi connectivity index (χ3v) is 5.38. The Morgan fingerprint density at radius 1 is 1.28 bits per heavy atom. The standard InChI is InChI=1S/C18H23ClN4OS/c1-22-6-8-23(9-7-22)17(14-5-10-25-13-14)12-20-18(24)21-16-4-2-3-15(19)11-16/h2-5,10-11,13,17H,6-9,12H2,1H3,(H2,20,21,24). The van der Waals surface area contributed by atoms with Gasteiger partial charge < -0.3 is 15.5 Å². The maximum atomic E-state index is 12.2. The third-order valence-electron chi connectivity index (χ3n) is 4.45. The fourth-order valence-electron chi connectivity index (χ4n) is 2.99. The van der Waals surface area contributed by atoms with Crippen LogP contribution in [0.2, 0.25) is 5.02 Å². The molecule has 1 saturated heterocycles. The number of carbonyl (C=O) groups is 1. The van der Waals surface area contributed by atoms with Gasteiger partial charge in [0.2, 0.25) is 0 Å². The largest absolute Gasteiger partial charge is 0.336 e. The lowest BCUT2D eigenvalue weighted by atomic mass is 10.1. The summed E-state index contributed by atoms with van der Waals surface area (Å²) in [5.74, 6) is 0. The summed E-state index contributed by atoms with van der Waals surface area (Å²) < 4.78 is 0. The Labute approximate surface area is 157 Å². The van der Waals surface area contributed by atoms with Crippen LogP contribution in [0.1, 0.15) is 11.6 Å². The molecule has 2 N–H and O–H groups in total. The summed E-state index contributed by atoms with van der Waals surface area (Å²) in [4.78, 5) is 17.0. The Hall–Kier alpha value is -1.60. The van der Waals surface area contributed by atoms with E-state index in [-0.39, 0.29) is 12.1 Å². The molecular weight excluding hydrogens is 356 g/mol. The molecule has 7 heteroatoms. The lowest BCUT2D eigenvalue weighted by molar-refractivity contribution is 0.111. The van der Waals surface area contributed by atoms with E-state index in [1.54, 1.807) is 23.5 Å². The molecule has 3 rings (SSSR count). The number of piperazine rings is 1. The summed E-state index contributed by atoms with van der Waals surface area (Å²) in [7, 11) is 2.15. The molecule has 1 fully saturated rings. The first kappa shape index (κ1) is 18.2. The first-order valence-corrected chi connectivity index (χ1v) is 9.69. The number of carbonyl (C=O) groups excluding carboxylic acids is 1. The van der Waals surface area contributed by atoms with E-state index in [0.717, 1.165) is 26.2 Å².